The standard InChI is InChI=1S/C23H16N4S/c1-2-7-17(8-3-1)20-12-13-22(27-26-20)25-23-24-21(15-28-23)19-11-10-16-6-4-5-9-18(16)14-19/h1-15H,(H,24,25,27). The third kappa shape index (κ3) is 3.35. The fraction of sp³-hybridized carbons (Fsp3) is 0. The van der Waals surface area contributed by atoms with Crippen molar-refractivity contribution in [2.24, 2.45) is 0 Å². The van der Waals surface area contributed by atoms with Crippen LogP contribution in [0.4, 0.5) is 10.9 Å². The van der Waals surface area contributed by atoms with E-state index in [2.05, 4.69) is 63.4 Å². The molecule has 4 nitrogen and oxygen atoms in total. The lowest BCUT2D eigenvalue weighted by Gasteiger charge is -2.03. The van der Waals surface area contributed by atoms with Gasteiger partial charge in [-0.1, -0.05) is 66.7 Å². The number of nitrogens with zero attached hydrogens (tertiary/aromatic N) is 3. The van der Waals surface area contributed by atoms with E-state index in [1.165, 1.54) is 10.8 Å². The maximum atomic E-state index is 4.70. The largest absolute Gasteiger partial charge is 0.315 e. The molecular formula is C23H16N4S. The van der Waals surface area contributed by atoms with Crippen molar-refractivity contribution in [1.82, 2.24) is 15.2 Å². The van der Waals surface area contributed by atoms with E-state index >= 15 is 0 Å². The number of aromatic nitrogens is 3. The Kier molecular flexibility index (Phi) is 4.27. The Morgan fingerprint density at radius 1 is 0.643 bits per heavy atom. The van der Waals surface area contributed by atoms with Gasteiger partial charge in [-0.05, 0) is 29.0 Å². The summed E-state index contributed by atoms with van der Waals surface area (Å²) in [6, 6.07) is 28.6. The molecule has 134 valence electrons. The fourth-order valence-corrected chi connectivity index (χ4v) is 3.81. The highest BCUT2D eigenvalue weighted by molar-refractivity contribution is 7.14. The second kappa shape index (κ2) is 7.21. The molecule has 3 aromatic carbocycles. The van der Waals surface area contributed by atoms with Gasteiger partial charge in [-0.25, -0.2) is 4.98 Å². The van der Waals surface area contributed by atoms with Crippen LogP contribution in [0, 0.1) is 0 Å². The molecule has 0 aliphatic heterocycles. The van der Waals surface area contributed by atoms with E-state index in [9.17, 15) is 0 Å². The molecule has 0 spiro atoms. The van der Waals surface area contributed by atoms with Gasteiger partial charge in [0.05, 0.1) is 11.4 Å². The quantitative estimate of drug-likeness (QED) is 0.405. The van der Waals surface area contributed by atoms with E-state index in [0.717, 1.165) is 27.6 Å². The summed E-state index contributed by atoms with van der Waals surface area (Å²) < 4.78 is 0. The van der Waals surface area contributed by atoms with Gasteiger partial charge in [0, 0.05) is 16.5 Å². The molecule has 0 bridgehead atoms. The number of hydrogen-bond donors (Lipinski definition) is 1. The highest BCUT2D eigenvalue weighted by atomic mass is 32.1. The summed E-state index contributed by atoms with van der Waals surface area (Å²) >= 11 is 1.56. The van der Waals surface area contributed by atoms with Crippen LogP contribution < -0.4 is 5.32 Å². The normalized spacial score (nSPS) is 10.9. The van der Waals surface area contributed by atoms with Gasteiger partial charge in [-0.3, -0.25) is 0 Å². The summed E-state index contributed by atoms with van der Waals surface area (Å²) in [5.41, 5.74) is 3.96. The molecule has 0 unspecified atom stereocenters. The van der Waals surface area contributed by atoms with E-state index in [-0.39, 0.29) is 0 Å². The molecule has 0 saturated carbocycles. The minimum atomic E-state index is 0.680. The van der Waals surface area contributed by atoms with Gasteiger partial charge >= 0.3 is 0 Å². The predicted octanol–water partition coefficient (Wildman–Crippen LogP) is 6.16. The first kappa shape index (κ1) is 16.6. The first-order chi connectivity index (χ1) is 13.8. The van der Waals surface area contributed by atoms with Crippen molar-refractivity contribution in [3.05, 3.63) is 90.3 Å². The number of rotatable bonds is 4. The lowest BCUT2D eigenvalue weighted by Crippen LogP contribution is -1.96. The van der Waals surface area contributed by atoms with Crippen molar-refractivity contribution < 1.29 is 0 Å². The molecule has 5 aromatic rings. The summed E-state index contributed by atoms with van der Waals surface area (Å²) in [5.74, 6) is 0.680. The van der Waals surface area contributed by atoms with E-state index in [4.69, 9.17) is 4.98 Å². The maximum absolute atomic E-state index is 4.70. The first-order valence-corrected chi connectivity index (χ1v) is 9.84. The molecule has 28 heavy (non-hydrogen) atoms. The van der Waals surface area contributed by atoms with Gasteiger partial charge in [0.1, 0.15) is 0 Å². The van der Waals surface area contributed by atoms with Crippen LogP contribution >= 0.6 is 11.3 Å². The first-order valence-electron chi connectivity index (χ1n) is 8.96. The summed E-state index contributed by atoms with van der Waals surface area (Å²) in [7, 11) is 0. The Bertz CT molecular complexity index is 1230. The molecule has 0 radical (unpaired) electrons. The number of thiazole rings is 1. The predicted molar refractivity (Wildman–Crippen MR) is 116 cm³/mol. The minimum absolute atomic E-state index is 0.680. The van der Waals surface area contributed by atoms with Crippen LogP contribution in [0.5, 0.6) is 0 Å². The zero-order chi connectivity index (χ0) is 18.8. The van der Waals surface area contributed by atoms with Crippen molar-refractivity contribution >= 4 is 33.1 Å². The van der Waals surface area contributed by atoms with Gasteiger partial charge < -0.3 is 5.32 Å². The van der Waals surface area contributed by atoms with Crippen molar-refractivity contribution in [2.75, 3.05) is 5.32 Å². The Balaban J connectivity index is 1.36. The highest BCUT2D eigenvalue weighted by Crippen LogP contribution is 2.29. The van der Waals surface area contributed by atoms with Crippen LogP contribution in [0.25, 0.3) is 33.3 Å². The zero-order valence-corrected chi connectivity index (χ0v) is 15.7. The van der Waals surface area contributed by atoms with Crippen molar-refractivity contribution in [2.45, 2.75) is 0 Å². The van der Waals surface area contributed by atoms with Gasteiger partial charge in [0.15, 0.2) is 10.9 Å². The van der Waals surface area contributed by atoms with Gasteiger partial charge in [0.25, 0.3) is 0 Å². The van der Waals surface area contributed by atoms with Crippen molar-refractivity contribution in [1.29, 1.82) is 0 Å². The van der Waals surface area contributed by atoms with Crippen LogP contribution in [-0.2, 0) is 0 Å². The van der Waals surface area contributed by atoms with Crippen LogP contribution in [0.15, 0.2) is 90.3 Å². The van der Waals surface area contributed by atoms with Gasteiger partial charge in [-0.2, -0.15) is 0 Å². The summed E-state index contributed by atoms with van der Waals surface area (Å²) in [4.78, 5) is 4.70. The molecule has 2 heterocycles. The van der Waals surface area contributed by atoms with E-state index in [1.807, 2.05) is 42.5 Å². The van der Waals surface area contributed by atoms with Gasteiger partial charge in [0.2, 0.25) is 0 Å². The van der Waals surface area contributed by atoms with Crippen molar-refractivity contribution in [3.63, 3.8) is 0 Å². The maximum Gasteiger partial charge on any atom is 0.188 e. The Labute approximate surface area is 166 Å². The number of benzene rings is 3. The summed E-state index contributed by atoms with van der Waals surface area (Å²) in [6.07, 6.45) is 0. The third-order valence-corrected chi connectivity index (χ3v) is 5.28. The molecule has 0 atom stereocenters. The molecule has 5 rings (SSSR count). The third-order valence-electron chi connectivity index (χ3n) is 4.52. The van der Waals surface area contributed by atoms with Gasteiger partial charge in [-0.15, -0.1) is 21.5 Å². The molecule has 1 N–H and O–H groups in total. The Morgan fingerprint density at radius 2 is 1.46 bits per heavy atom. The van der Waals surface area contributed by atoms with Crippen LogP contribution in [0.1, 0.15) is 0 Å². The van der Waals surface area contributed by atoms with Crippen LogP contribution in [0.2, 0.25) is 0 Å². The molecule has 0 aliphatic rings. The SMILES string of the molecule is c1ccc(-c2ccc(Nc3nc(-c4ccc5ccccc5c4)cs3)nn2)cc1. The Morgan fingerprint density at radius 3 is 2.29 bits per heavy atom. The molecule has 0 saturated heterocycles. The zero-order valence-electron chi connectivity index (χ0n) is 14.9. The van der Waals surface area contributed by atoms with Crippen molar-refractivity contribution in [3.8, 4) is 22.5 Å². The number of hydrogen-bond acceptors (Lipinski definition) is 5. The molecule has 5 heteroatoms. The monoisotopic (exact) mass is 380 g/mol. The fourth-order valence-electron chi connectivity index (χ4n) is 3.08. The highest BCUT2D eigenvalue weighted by Gasteiger charge is 2.07. The average molecular weight is 380 g/mol. The number of fused-ring (bicyclic) bond motifs is 1. The minimum Gasteiger partial charge on any atom is -0.315 e. The smallest absolute Gasteiger partial charge is 0.188 e. The summed E-state index contributed by atoms with van der Waals surface area (Å²) in [5, 5.41) is 17.1. The molecular weight excluding hydrogens is 364 g/mol. The molecule has 0 amide bonds. The topological polar surface area (TPSA) is 50.7 Å². The number of anilines is 2. The molecule has 0 aliphatic carbocycles. The lowest BCUT2D eigenvalue weighted by molar-refractivity contribution is 1.04. The number of nitrogens with one attached hydrogen (secondary N) is 1. The average Bonchev–Trinajstić information content (AvgIpc) is 3.23. The van der Waals surface area contributed by atoms with Crippen LogP contribution in [-0.4, -0.2) is 15.2 Å². The molecule has 2 aromatic heterocycles. The Hall–Kier alpha value is -3.57. The van der Waals surface area contributed by atoms with E-state index < -0.39 is 0 Å². The second-order valence-corrected chi connectivity index (χ2v) is 7.25. The lowest BCUT2D eigenvalue weighted by atomic mass is 10.1. The second-order valence-electron chi connectivity index (χ2n) is 6.39. The molecule has 0 fully saturated rings. The van der Waals surface area contributed by atoms with E-state index in [1.54, 1.807) is 11.3 Å². The van der Waals surface area contributed by atoms with E-state index in [0.29, 0.717) is 5.82 Å². The summed E-state index contributed by atoms with van der Waals surface area (Å²) in [6.45, 7) is 0. The van der Waals surface area contributed by atoms with Crippen LogP contribution in [0.3, 0.4) is 0 Å².